The van der Waals surface area contributed by atoms with Gasteiger partial charge in [0.25, 0.3) is 0 Å². The molecule has 0 aliphatic heterocycles. The molecule has 21 heavy (non-hydrogen) atoms. The number of hydrogen-bond donors (Lipinski definition) is 1. The molecule has 0 amide bonds. The van der Waals surface area contributed by atoms with Gasteiger partial charge in [-0.05, 0) is 43.7 Å². The summed E-state index contributed by atoms with van der Waals surface area (Å²) < 4.78 is 18.7. The summed E-state index contributed by atoms with van der Waals surface area (Å²) in [6.45, 7) is 4.31. The summed E-state index contributed by atoms with van der Waals surface area (Å²) in [5.74, 6) is 0.156. The summed E-state index contributed by atoms with van der Waals surface area (Å²) >= 11 is 0. The Hall–Kier alpha value is -2.54. The van der Waals surface area contributed by atoms with Gasteiger partial charge in [-0.25, -0.2) is 4.39 Å². The van der Waals surface area contributed by atoms with Crippen molar-refractivity contribution in [3.8, 4) is 11.8 Å². The highest BCUT2D eigenvalue weighted by atomic mass is 19.1. The van der Waals surface area contributed by atoms with Gasteiger partial charge in [-0.2, -0.15) is 5.26 Å². The minimum atomic E-state index is -0.330. The smallest absolute Gasteiger partial charge is 0.145 e. The van der Waals surface area contributed by atoms with Gasteiger partial charge in [0, 0.05) is 12.1 Å². The van der Waals surface area contributed by atoms with E-state index in [4.69, 9.17) is 10.00 Å². The van der Waals surface area contributed by atoms with E-state index in [0.717, 1.165) is 11.3 Å². The molecule has 0 aromatic heterocycles. The fourth-order valence-electron chi connectivity index (χ4n) is 2.08. The molecule has 1 N–H and O–H groups in total. The Bertz CT molecular complexity index is 664. The zero-order chi connectivity index (χ0) is 15.2. The number of ether oxygens (including phenoxy) is 1. The van der Waals surface area contributed by atoms with Crippen molar-refractivity contribution in [1.82, 2.24) is 0 Å². The number of nitrogens with one attached hydrogen (secondary N) is 1. The van der Waals surface area contributed by atoms with Gasteiger partial charge in [0.15, 0.2) is 0 Å². The molecule has 3 nitrogen and oxygen atoms in total. The van der Waals surface area contributed by atoms with Crippen LogP contribution in [0.25, 0.3) is 0 Å². The maximum absolute atomic E-state index is 13.3. The highest BCUT2D eigenvalue weighted by molar-refractivity contribution is 5.57. The maximum atomic E-state index is 13.3. The molecule has 0 aliphatic carbocycles. The van der Waals surface area contributed by atoms with Crippen molar-refractivity contribution < 1.29 is 9.13 Å². The van der Waals surface area contributed by atoms with Crippen LogP contribution in [0.4, 0.5) is 10.1 Å². The maximum Gasteiger partial charge on any atom is 0.145 e. The van der Waals surface area contributed by atoms with E-state index in [1.165, 1.54) is 12.1 Å². The van der Waals surface area contributed by atoms with Crippen LogP contribution in [0.2, 0.25) is 0 Å². The highest BCUT2D eigenvalue weighted by Gasteiger charge is 2.10. The summed E-state index contributed by atoms with van der Waals surface area (Å²) in [4.78, 5) is 0. The van der Waals surface area contributed by atoms with Crippen molar-refractivity contribution in [3.05, 3.63) is 59.4 Å². The summed E-state index contributed by atoms with van der Waals surface area (Å²) in [6, 6.07) is 13.9. The number of benzene rings is 2. The first kappa shape index (κ1) is 14.9. The second-order valence-electron chi connectivity index (χ2n) is 4.68. The molecule has 0 spiro atoms. The van der Waals surface area contributed by atoms with Gasteiger partial charge in [0.2, 0.25) is 0 Å². The van der Waals surface area contributed by atoms with Crippen LogP contribution in [0.1, 0.15) is 31.0 Å². The van der Waals surface area contributed by atoms with Crippen molar-refractivity contribution in [1.29, 1.82) is 5.26 Å². The molecule has 0 fully saturated rings. The lowest BCUT2D eigenvalue weighted by atomic mass is 10.1. The van der Waals surface area contributed by atoms with Crippen LogP contribution in [0.15, 0.2) is 42.5 Å². The van der Waals surface area contributed by atoms with Crippen molar-refractivity contribution >= 4 is 5.69 Å². The number of hydrogen-bond acceptors (Lipinski definition) is 3. The van der Waals surface area contributed by atoms with Gasteiger partial charge in [-0.1, -0.05) is 12.1 Å². The lowest BCUT2D eigenvalue weighted by Crippen LogP contribution is -2.08. The van der Waals surface area contributed by atoms with E-state index >= 15 is 0 Å². The molecule has 0 aliphatic rings. The lowest BCUT2D eigenvalue weighted by molar-refractivity contribution is 0.339. The molecule has 0 saturated carbocycles. The minimum Gasteiger partial charge on any atom is -0.492 e. The van der Waals surface area contributed by atoms with E-state index < -0.39 is 0 Å². The van der Waals surface area contributed by atoms with Gasteiger partial charge >= 0.3 is 0 Å². The average Bonchev–Trinajstić information content (AvgIpc) is 2.50. The predicted molar refractivity (Wildman–Crippen MR) is 80.8 cm³/mol. The Morgan fingerprint density at radius 2 is 2.10 bits per heavy atom. The van der Waals surface area contributed by atoms with Crippen LogP contribution in [0.5, 0.6) is 5.75 Å². The quantitative estimate of drug-likeness (QED) is 0.891. The van der Waals surface area contributed by atoms with Gasteiger partial charge in [-0.3, -0.25) is 0 Å². The third-order valence-corrected chi connectivity index (χ3v) is 3.13. The molecule has 108 valence electrons. The van der Waals surface area contributed by atoms with Gasteiger partial charge in [0.1, 0.15) is 11.6 Å². The topological polar surface area (TPSA) is 45.0 Å². The molecular weight excluding hydrogens is 267 g/mol. The Morgan fingerprint density at radius 3 is 2.81 bits per heavy atom. The van der Waals surface area contributed by atoms with Gasteiger partial charge < -0.3 is 10.1 Å². The zero-order valence-electron chi connectivity index (χ0n) is 12.1. The molecular formula is C17H17FN2O. The second-order valence-corrected chi connectivity index (χ2v) is 4.68. The molecule has 0 heterocycles. The first-order chi connectivity index (χ1) is 10.1. The van der Waals surface area contributed by atoms with E-state index in [-0.39, 0.29) is 11.9 Å². The van der Waals surface area contributed by atoms with Crippen molar-refractivity contribution in [3.63, 3.8) is 0 Å². The van der Waals surface area contributed by atoms with Crippen LogP contribution < -0.4 is 10.1 Å². The first-order valence-corrected chi connectivity index (χ1v) is 6.83. The number of rotatable bonds is 5. The predicted octanol–water partition coefficient (Wildman–Crippen LogP) is 4.27. The second kappa shape index (κ2) is 6.76. The fourth-order valence-corrected chi connectivity index (χ4v) is 2.08. The average molecular weight is 284 g/mol. The molecule has 2 rings (SSSR count). The molecule has 0 bridgehead atoms. The highest BCUT2D eigenvalue weighted by Crippen LogP contribution is 2.29. The van der Waals surface area contributed by atoms with Crippen LogP contribution in [0, 0.1) is 17.1 Å². The Kier molecular flexibility index (Phi) is 4.78. The number of nitriles is 1. The number of nitrogens with zero attached hydrogens (tertiary/aromatic N) is 1. The van der Waals surface area contributed by atoms with Crippen molar-refractivity contribution in [2.75, 3.05) is 11.9 Å². The minimum absolute atomic E-state index is 0.0250. The molecule has 0 saturated heterocycles. The third kappa shape index (κ3) is 3.73. The van der Waals surface area contributed by atoms with Gasteiger partial charge in [0.05, 0.1) is 23.9 Å². The zero-order valence-corrected chi connectivity index (χ0v) is 12.1. The van der Waals surface area contributed by atoms with Crippen LogP contribution in [0.3, 0.4) is 0 Å². The van der Waals surface area contributed by atoms with E-state index in [1.807, 2.05) is 32.0 Å². The fraction of sp³-hybridized carbons (Fsp3) is 0.235. The molecule has 1 unspecified atom stereocenters. The Morgan fingerprint density at radius 1 is 1.29 bits per heavy atom. The van der Waals surface area contributed by atoms with Crippen LogP contribution in [-0.2, 0) is 0 Å². The van der Waals surface area contributed by atoms with Gasteiger partial charge in [-0.15, -0.1) is 0 Å². The van der Waals surface area contributed by atoms with E-state index in [0.29, 0.717) is 17.9 Å². The summed E-state index contributed by atoms with van der Waals surface area (Å²) in [6.07, 6.45) is 0. The SMILES string of the molecule is CCOc1cc(F)ccc1NC(C)c1cccc(C#N)c1. The lowest BCUT2D eigenvalue weighted by Gasteiger charge is -2.18. The van der Waals surface area contributed by atoms with Crippen molar-refractivity contribution in [2.45, 2.75) is 19.9 Å². The number of anilines is 1. The van der Waals surface area contributed by atoms with Crippen LogP contribution >= 0.6 is 0 Å². The first-order valence-electron chi connectivity index (χ1n) is 6.83. The standard InChI is InChI=1S/C17H17FN2O/c1-3-21-17-10-15(18)7-8-16(17)20-12(2)14-6-4-5-13(9-14)11-19/h4-10,12,20H,3H2,1-2H3. The summed E-state index contributed by atoms with van der Waals surface area (Å²) in [7, 11) is 0. The normalized spacial score (nSPS) is 11.5. The molecule has 2 aromatic carbocycles. The monoisotopic (exact) mass is 284 g/mol. The van der Waals surface area contributed by atoms with E-state index in [9.17, 15) is 4.39 Å². The molecule has 1 atom stereocenters. The summed E-state index contributed by atoms with van der Waals surface area (Å²) in [5.41, 5.74) is 2.33. The Labute approximate surface area is 124 Å². The molecule has 0 radical (unpaired) electrons. The number of halogens is 1. The Balaban J connectivity index is 2.22. The third-order valence-electron chi connectivity index (χ3n) is 3.13. The van der Waals surface area contributed by atoms with E-state index in [2.05, 4.69) is 11.4 Å². The summed E-state index contributed by atoms with van der Waals surface area (Å²) in [5, 5.41) is 12.2. The van der Waals surface area contributed by atoms with E-state index in [1.54, 1.807) is 12.1 Å². The van der Waals surface area contributed by atoms with Crippen molar-refractivity contribution in [2.24, 2.45) is 0 Å². The molecule has 2 aromatic rings. The molecule has 4 heteroatoms. The van der Waals surface area contributed by atoms with Crippen LogP contribution in [-0.4, -0.2) is 6.61 Å². The largest absolute Gasteiger partial charge is 0.492 e.